The molecule has 1 aliphatic rings. The molecule has 2 aromatic rings. The molecule has 25 heavy (non-hydrogen) atoms. The summed E-state index contributed by atoms with van der Waals surface area (Å²) in [6.45, 7) is 2.64. The maximum absolute atomic E-state index is 12.5. The van der Waals surface area contributed by atoms with Crippen LogP contribution >= 0.6 is 0 Å². The molecule has 0 atom stereocenters. The van der Waals surface area contributed by atoms with E-state index in [0.717, 1.165) is 31.4 Å². The van der Waals surface area contributed by atoms with E-state index in [1.165, 1.54) is 23.1 Å². The first kappa shape index (κ1) is 18.0. The lowest BCUT2D eigenvalue weighted by Crippen LogP contribution is -2.28. The first-order chi connectivity index (χ1) is 12.1. The molecule has 1 aliphatic carbocycles. The average Bonchev–Trinajstić information content (AvgIpc) is 2.65. The van der Waals surface area contributed by atoms with Crippen molar-refractivity contribution in [3.63, 3.8) is 0 Å². The van der Waals surface area contributed by atoms with E-state index in [0.29, 0.717) is 11.5 Å². The van der Waals surface area contributed by atoms with Crippen LogP contribution < -0.4 is 9.46 Å². The van der Waals surface area contributed by atoms with Gasteiger partial charge in [0.05, 0.1) is 4.90 Å². The molecule has 0 aliphatic heterocycles. The highest BCUT2D eigenvalue weighted by Gasteiger charge is 2.17. The minimum Gasteiger partial charge on any atom is -0.492 e. The van der Waals surface area contributed by atoms with E-state index in [-0.39, 0.29) is 6.54 Å². The Labute approximate surface area is 150 Å². The summed E-state index contributed by atoms with van der Waals surface area (Å²) < 4.78 is 33.2. The lowest BCUT2D eigenvalue weighted by molar-refractivity contribution is 0.322. The van der Waals surface area contributed by atoms with Gasteiger partial charge in [0.2, 0.25) is 10.0 Å². The standard InChI is InChI=1S/C20H25NO3S/c1-2-16-6-5-9-19(14-16)24-13-12-21-25(22,23)20-11-10-17-7-3-4-8-18(17)15-20/h5-6,9-11,14-15,21H,2-4,7-8,12-13H2,1H3. The summed E-state index contributed by atoms with van der Waals surface area (Å²) >= 11 is 0. The molecule has 0 unspecified atom stereocenters. The Bertz CT molecular complexity index is 831. The van der Waals surface area contributed by atoms with Gasteiger partial charge >= 0.3 is 0 Å². The Morgan fingerprint density at radius 3 is 2.64 bits per heavy atom. The molecule has 3 rings (SSSR count). The van der Waals surface area contributed by atoms with Crippen LogP contribution in [0.4, 0.5) is 0 Å². The van der Waals surface area contributed by atoms with Crippen LogP contribution in [0.25, 0.3) is 0 Å². The van der Waals surface area contributed by atoms with Gasteiger partial charge in [0, 0.05) is 6.54 Å². The van der Waals surface area contributed by atoms with Crippen LogP contribution in [0.1, 0.15) is 36.5 Å². The number of benzene rings is 2. The summed E-state index contributed by atoms with van der Waals surface area (Å²) in [4.78, 5) is 0.348. The van der Waals surface area contributed by atoms with Gasteiger partial charge in [-0.05, 0) is 73.1 Å². The summed E-state index contributed by atoms with van der Waals surface area (Å²) in [7, 11) is -3.49. The van der Waals surface area contributed by atoms with E-state index in [1.54, 1.807) is 6.07 Å². The lowest BCUT2D eigenvalue weighted by Gasteiger charge is -2.17. The van der Waals surface area contributed by atoms with Crippen molar-refractivity contribution in [2.24, 2.45) is 0 Å². The quantitative estimate of drug-likeness (QED) is 0.770. The molecule has 1 N–H and O–H groups in total. The largest absolute Gasteiger partial charge is 0.492 e. The van der Waals surface area contributed by atoms with Crippen molar-refractivity contribution in [3.05, 3.63) is 59.2 Å². The van der Waals surface area contributed by atoms with Gasteiger partial charge < -0.3 is 4.74 Å². The van der Waals surface area contributed by atoms with Gasteiger partial charge in [-0.25, -0.2) is 13.1 Å². The molecule has 134 valence electrons. The van der Waals surface area contributed by atoms with Gasteiger partial charge in [-0.15, -0.1) is 0 Å². The summed E-state index contributed by atoms with van der Waals surface area (Å²) in [5.41, 5.74) is 3.65. The number of sulfonamides is 1. The molecule has 0 amide bonds. The lowest BCUT2D eigenvalue weighted by atomic mass is 9.92. The van der Waals surface area contributed by atoms with E-state index in [4.69, 9.17) is 4.74 Å². The molecule has 0 fully saturated rings. The Kier molecular flexibility index (Phi) is 5.76. The SMILES string of the molecule is CCc1cccc(OCCNS(=O)(=O)c2ccc3c(c2)CCCC3)c1. The fourth-order valence-electron chi connectivity index (χ4n) is 3.16. The van der Waals surface area contributed by atoms with E-state index in [9.17, 15) is 8.42 Å². The zero-order chi connectivity index (χ0) is 17.7. The smallest absolute Gasteiger partial charge is 0.240 e. The number of ether oxygens (including phenoxy) is 1. The first-order valence-electron chi connectivity index (χ1n) is 8.92. The third-order valence-electron chi connectivity index (χ3n) is 4.60. The van der Waals surface area contributed by atoms with Crippen LogP contribution in [0.15, 0.2) is 47.4 Å². The number of hydrogen-bond acceptors (Lipinski definition) is 3. The maximum atomic E-state index is 12.5. The average molecular weight is 359 g/mol. The summed E-state index contributed by atoms with van der Waals surface area (Å²) in [6, 6.07) is 13.3. The molecule has 4 nitrogen and oxygen atoms in total. The second-order valence-corrected chi connectivity index (χ2v) is 8.15. The van der Waals surface area contributed by atoms with E-state index >= 15 is 0 Å². The van der Waals surface area contributed by atoms with Crippen molar-refractivity contribution < 1.29 is 13.2 Å². The van der Waals surface area contributed by atoms with Gasteiger partial charge in [0.25, 0.3) is 0 Å². The fourth-order valence-corrected chi connectivity index (χ4v) is 4.22. The van der Waals surface area contributed by atoms with E-state index in [1.807, 2.05) is 36.4 Å². The summed E-state index contributed by atoms with van der Waals surface area (Å²) in [5.74, 6) is 0.771. The predicted molar refractivity (Wildman–Crippen MR) is 99.6 cm³/mol. The zero-order valence-electron chi connectivity index (χ0n) is 14.6. The minimum absolute atomic E-state index is 0.246. The Morgan fingerprint density at radius 2 is 1.84 bits per heavy atom. The Hall–Kier alpha value is -1.85. The van der Waals surface area contributed by atoms with Crippen molar-refractivity contribution in [2.75, 3.05) is 13.2 Å². The maximum Gasteiger partial charge on any atom is 0.240 e. The van der Waals surface area contributed by atoms with Crippen molar-refractivity contribution in [1.82, 2.24) is 4.72 Å². The number of fused-ring (bicyclic) bond motifs is 1. The molecule has 2 aromatic carbocycles. The van der Waals surface area contributed by atoms with E-state index in [2.05, 4.69) is 11.6 Å². The third-order valence-corrected chi connectivity index (χ3v) is 6.06. The summed E-state index contributed by atoms with van der Waals surface area (Å²) in [6.07, 6.45) is 5.29. The molecular weight excluding hydrogens is 334 g/mol. The molecule has 5 heteroatoms. The zero-order valence-corrected chi connectivity index (χ0v) is 15.4. The Balaban J connectivity index is 1.56. The molecule has 0 bridgehead atoms. The second kappa shape index (κ2) is 8.02. The molecule has 0 radical (unpaired) electrons. The van der Waals surface area contributed by atoms with Crippen LogP contribution in [0, 0.1) is 0 Å². The van der Waals surface area contributed by atoms with Crippen molar-refractivity contribution in [1.29, 1.82) is 0 Å². The van der Waals surface area contributed by atoms with Gasteiger partial charge in [-0.1, -0.05) is 25.1 Å². The monoisotopic (exact) mass is 359 g/mol. The molecular formula is C20H25NO3S. The van der Waals surface area contributed by atoms with Crippen molar-refractivity contribution in [2.45, 2.75) is 43.9 Å². The van der Waals surface area contributed by atoms with Gasteiger partial charge in [0.15, 0.2) is 0 Å². The summed E-state index contributed by atoms with van der Waals surface area (Å²) in [5, 5.41) is 0. The topological polar surface area (TPSA) is 55.4 Å². The highest BCUT2D eigenvalue weighted by molar-refractivity contribution is 7.89. The molecule has 0 aromatic heterocycles. The number of aryl methyl sites for hydroxylation is 3. The third kappa shape index (κ3) is 4.61. The molecule has 0 heterocycles. The number of nitrogens with one attached hydrogen (secondary N) is 1. The van der Waals surface area contributed by atoms with Gasteiger partial charge in [-0.3, -0.25) is 0 Å². The van der Waals surface area contributed by atoms with Crippen molar-refractivity contribution in [3.8, 4) is 5.75 Å². The first-order valence-corrected chi connectivity index (χ1v) is 10.4. The van der Waals surface area contributed by atoms with Crippen LogP contribution in [0.3, 0.4) is 0 Å². The van der Waals surface area contributed by atoms with Crippen molar-refractivity contribution >= 4 is 10.0 Å². The number of hydrogen-bond donors (Lipinski definition) is 1. The van der Waals surface area contributed by atoms with Gasteiger partial charge in [-0.2, -0.15) is 0 Å². The van der Waals surface area contributed by atoms with E-state index < -0.39 is 10.0 Å². The Morgan fingerprint density at radius 1 is 1.04 bits per heavy atom. The number of rotatable bonds is 7. The second-order valence-electron chi connectivity index (χ2n) is 6.38. The van der Waals surface area contributed by atoms with Crippen LogP contribution in [0.2, 0.25) is 0 Å². The van der Waals surface area contributed by atoms with Crippen LogP contribution in [-0.4, -0.2) is 21.6 Å². The molecule has 0 spiro atoms. The molecule has 0 saturated heterocycles. The predicted octanol–water partition coefficient (Wildman–Crippen LogP) is 3.49. The molecule has 0 saturated carbocycles. The fraction of sp³-hybridized carbons (Fsp3) is 0.400. The minimum atomic E-state index is -3.49. The normalized spacial score (nSPS) is 14.1. The van der Waals surface area contributed by atoms with Gasteiger partial charge in [0.1, 0.15) is 12.4 Å². The van der Waals surface area contributed by atoms with Crippen LogP contribution in [0.5, 0.6) is 5.75 Å². The highest BCUT2D eigenvalue weighted by atomic mass is 32.2. The van der Waals surface area contributed by atoms with Crippen LogP contribution in [-0.2, 0) is 29.3 Å². The highest BCUT2D eigenvalue weighted by Crippen LogP contribution is 2.24.